The minimum Gasteiger partial charge on any atom is -0.477 e. The van der Waals surface area contributed by atoms with Gasteiger partial charge in [0.25, 0.3) is 0 Å². The number of rotatable bonds is 16. The molecule has 0 radical (unpaired) electrons. The van der Waals surface area contributed by atoms with Crippen LogP contribution in [0.4, 0.5) is 0 Å². The molecule has 0 aliphatic heterocycles. The summed E-state index contributed by atoms with van der Waals surface area (Å²) in [7, 11) is 3.77. The molecule has 0 spiro atoms. The van der Waals surface area contributed by atoms with Gasteiger partial charge < -0.3 is 14.9 Å². The lowest BCUT2D eigenvalue weighted by molar-refractivity contribution is -0.883. The van der Waals surface area contributed by atoms with Crippen molar-refractivity contribution in [3.63, 3.8) is 0 Å². The smallest absolute Gasteiger partial charge is 0.359 e. The van der Waals surface area contributed by atoms with E-state index in [2.05, 4.69) is 12.2 Å². The van der Waals surface area contributed by atoms with Crippen molar-refractivity contribution in [3.8, 4) is 0 Å². The molecule has 2 N–H and O–H groups in total. The van der Waals surface area contributed by atoms with Gasteiger partial charge in [-0.15, -0.1) is 0 Å². The summed E-state index contributed by atoms with van der Waals surface area (Å²) in [5, 5.41) is 11.8. The summed E-state index contributed by atoms with van der Waals surface area (Å²) in [6, 6.07) is 0. The number of carboxylic acids is 1. The van der Waals surface area contributed by atoms with Crippen molar-refractivity contribution in [2.45, 2.75) is 77.6 Å². The van der Waals surface area contributed by atoms with Crippen molar-refractivity contribution in [1.29, 1.82) is 0 Å². The average Bonchev–Trinajstić information content (AvgIpc) is 2.47. The molecule has 0 aliphatic rings. The van der Waals surface area contributed by atoms with E-state index in [0.717, 1.165) is 19.4 Å². The molecule has 0 unspecified atom stereocenters. The van der Waals surface area contributed by atoms with Gasteiger partial charge in [-0.1, -0.05) is 58.3 Å². The number of unbranched alkanes of at least 4 members (excludes halogenated alkanes) is 8. The van der Waals surface area contributed by atoms with Crippen LogP contribution >= 0.6 is 0 Å². The third-order valence-electron chi connectivity index (χ3n) is 4.33. The Morgan fingerprint density at radius 1 is 0.875 bits per heavy atom. The number of hydrogen-bond donors (Lipinski definition) is 2. The number of carbonyl (C=O) groups excluding carboxylic acids is 1. The van der Waals surface area contributed by atoms with Gasteiger partial charge in [0.15, 0.2) is 6.54 Å². The van der Waals surface area contributed by atoms with E-state index in [1.165, 1.54) is 51.4 Å². The molecule has 0 saturated carbocycles. The first kappa shape index (κ1) is 22.9. The van der Waals surface area contributed by atoms with Crippen LogP contribution in [0.5, 0.6) is 0 Å². The summed E-state index contributed by atoms with van der Waals surface area (Å²) in [5.41, 5.74) is 0. The van der Waals surface area contributed by atoms with E-state index < -0.39 is 5.97 Å². The molecule has 0 atom stereocenters. The largest absolute Gasteiger partial charge is 0.477 e. The maximum Gasteiger partial charge on any atom is 0.359 e. The number of carbonyl (C=O) groups is 2. The van der Waals surface area contributed by atoms with E-state index in [0.29, 0.717) is 17.4 Å². The number of aliphatic carboxylic acids is 1. The number of amides is 1. The van der Waals surface area contributed by atoms with Crippen molar-refractivity contribution in [2.24, 2.45) is 0 Å². The zero-order valence-corrected chi connectivity index (χ0v) is 16.1. The van der Waals surface area contributed by atoms with Crippen LogP contribution < -0.4 is 5.32 Å². The Balaban J connectivity index is 3.43. The van der Waals surface area contributed by atoms with E-state index in [4.69, 9.17) is 5.11 Å². The summed E-state index contributed by atoms with van der Waals surface area (Å²) in [6.07, 6.45) is 12.8. The van der Waals surface area contributed by atoms with Gasteiger partial charge in [-0.25, -0.2) is 4.79 Å². The second-order valence-corrected chi connectivity index (χ2v) is 7.49. The Labute approximate surface area is 148 Å². The molecule has 5 heteroatoms. The number of nitrogens with zero attached hydrogens (tertiary/aromatic N) is 1. The first-order valence-corrected chi connectivity index (χ1v) is 9.68. The Morgan fingerprint density at radius 2 is 1.42 bits per heavy atom. The maximum absolute atomic E-state index is 11.8. The predicted octanol–water partition coefficient (Wildman–Crippen LogP) is 3.57. The quantitative estimate of drug-likeness (QED) is 0.332. The van der Waals surface area contributed by atoms with Crippen molar-refractivity contribution in [1.82, 2.24) is 5.32 Å². The molecule has 0 saturated heterocycles. The van der Waals surface area contributed by atoms with Crippen molar-refractivity contribution >= 4 is 11.9 Å². The molecule has 0 aromatic heterocycles. The highest BCUT2D eigenvalue weighted by atomic mass is 16.4. The molecule has 0 heterocycles. The van der Waals surface area contributed by atoms with Gasteiger partial charge in [-0.3, -0.25) is 4.79 Å². The van der Waals surface area contributed by atoms with Crippen molar-refractivity contribution in [3.05, 3.63) is 0 Å². The molecule has 0 fully saturated rings. The zero-order valence-electron chi connectivity index (χ0n) is 16.1. The number of quaternary nitrogens is 1. The summed E-state index contributed by atoms with van der Waals surface area (Å²) >= 11 is 0. The van der Waals surface area contributed by atoms with Crippen LogP contribution in [0.1, 0.15) is 77.6 Å². The topological polar surface area (TPSA) is 66.4 Å². The molecule has 0 rings (SSSR count). The second-order valence-electron chi connectivity index (χ2n) is 7.49. The maximum atomic E-state index is 11.8. The van der Waals surface area contributed by atoms with E-state index >= 15 is 0 Å². The van der Waals surface area contributed by atoms with E-state index in [1.807, 2.05) is 14.1 Å². The fraction of sp³-hybridized carbons (Fsp3) is 0.895. The third-order valence-corrected chi connectivity index (χ3v) is 4.33. The van der Waals surface area contributed by atoms with Gasteiger partial charge in [-0.05, 0) is 6.42 Å². The molecule has 0 aromatic rings. The fourth-order valence-electron chi connectivity index (χ4n) is 2.86. The van der Waals surface area contributed by atoms with E-state index in [-0.39, 0.29) is 12.5 Å². The molecule has 5 nitrogen and oxygen atoms in total. The molecule has 24 heavy (non-hydrogen) atoms. The Morgan fingerprint density at radius 3 is 1.96 bits per heavy atom. The predicted molar refractivity (Wildman–Crippen MR) is 98.9 cm³/mol. The zero-order chi connectivity index (χ0) is 18.3. The standard InChI is InChI=1S/C19H38N2O3/c1-4-5-6-7-8-9-10-11-12-15-20-18(22)14-13-16-21(2,3)17-19(23)24/h4-17H2,1-3H3,(H-,20,22,23,24)/p+1. The van der Waals surface area contributed by atoms with Crippen LogP contribution in [-0.4, -0.2) is 55.2 Å². The molecule has 0 aliphatic carbocycles. The van der Waals surface area contributed by atoms with Gasteiger partial charge in [0.05, 0.1) is 20.6 Å². The minimum absolute atomic E-state index is 0.0879. The average molecular weight is 344 g/mol. The Bertz CT molecular complexity index is 344. The monoisotopic (exact) mass is 343 g/mol. The lowest BCUT2D eigenvalue weighted by Gasteiger charge is -2.27. The summed E-state index contributed by atoms with van der Waals surface area (Å²) in [4.78, 5) is 22.5. The number of hydrogen-bond acceptors (Lipinski definition) is 2. The van der Waals surface area contributed by atoms with Crippen LogP contribution in [0, 0.1) is 0 Å². The van der Waals surface area contributed by atoms with Crippen LogP contribution in [0.15, 0.2) is 0 Å². The highest BCUT2D eigenvalue weighted by molar-refractivity contribution is 5.75. The SMILES string of the molecule is CCCCCCCCCCCNC(=O)CCC[N+](C)(C)CC(=O)O. The summed E-state index contributed by atoms with van der Waals surface area (Å²) in [5.74, 6) is -0.709. The summed E-state index contributed by atoms with van der Waals surface area (Å²) in [6.45, 7) is 3.81. The minimum atomic E-state index is -0.796. The molecule has 0 aromatic carbocycles. The lowest BCUT2D eigenvalue weighted by Crippen LogP contribution is -2.44. The van der Waals surface area contributed by atoms with Gasteiger partial charge in [0.2, 0.25) is 5.91 Å². The normalized spacial score (nSPS) is 11.5. The number of carboxylic acid groups (broad SMARTS) is 1. The fourth-order valence-corrected chi connectivity index (χ4v) is 2.86. The van der Waals surface area contributed by atoms with Crippen LogP contribution in [0.2, 0.25) is 0 Å². The van der Waals surface area contributed by atoms with Crippen LogP contribution in [-0.2, 0) is 9.59 Å². The highest BCUT2D eigenvalue weighted by Crippen LogP contribution is 2.09. The Kier molecular flexibility index (Phi) is 13.6. The van der Waals surface area contributed by atoms with Gasteiger partial charge >= 0.3 is 5.97 Å². The van der Waals surface area contributed by atoms with Gasteiger partial charge in [0, 0.05) is 19.4 Å². The Hall–Kier alpha value is -1.10. The second kappa shape index (κ2) is 14.3. The highest BCUT2D eigenvalue weighted by Gasteiger charge is 2.19. The lowest BCUT2D eigenvalue weighted by atomic mass is 10.1. The molecular weight excluding hydrogens is 304 g/mol. The molecule has 1 amide bonds. The first-order valence-electron chi connectivity index (χ1n) is 9.68. The van der Waals surface area contributed by atoms with Crippen LogP contribution in [0.25, 0.3) is 0 Å². The number of likely N-dealkylation sites (N-methyl/N-ethyl adjacent to an activating group) is 1. The first-order chi connectivity index (χ1) is 11.4. The van der Waals surface area contributed by atoms with Gasteiger partial charge in [-0.2, -0.15) is 0 Å². The summed E-state index contributed by atoms with van der Waals surface area (Å²) < 4.78 is 0.418. The third kappa shape index (κ3) is 15.8. The molecule has 0 bridgehead atoms. The van der Waals surface area contributed by atoms with Gasteiger partial charge in [0.1, 0.15) is 0 Å². The number of nitrogens with one attached hydrogen (secondary N) is 1. The van der Waals surface area contributed by atoms with Crippen LogP contribution in [0.3, 0.4) is 0 Å². The van der Waals surface area contributed by atoms with Crippen molar-refractivity contribution < 1.29 is 19.2 Å². The molecule has 142 valence electrons. The van der Waals surface area contributed by atoms with Crippen molar-refractivity contribution in [2.75, 3.05) is 33.7 Å². The van der Waals surface area contributed by atoms with E-state index in [9.17, 15) is 9.59 Å². The molecular formula is C19H39N2O3+. The van der Waals surface area contributed by atoms with E-state index in [1.54, 1.807) is 0 Å².